The van der Waals surface area contributed by atoms with Crippen LogP contribution in [0.5, 0.6) is 11.5 Å². The summed E-state index contributed by atoms with van der Waals surface area (Å²) in [6.45, 7) is -0.0311. The van der Waals surface area contributed by atoms with Crippen LogP contribution in [0.4, 0.5) is 4.39 Å². The number of benzene rings is 2. The predicted molar refractivity (Wildman–Crippen MR) is 99.4 cm³/mol. The molecule has 2 heterocycles. The van der Waals surface area contributed by atoms with Gasteiger partial charge in [-0.05, 0) is 42.0 Å². The second-order valence-corrected chi connectivity index (χ2v) is 6.28. The Balaban J connectivity index is 1.54. The van der Waals surface area contributed by atoms with E-state index >= 15 is 0 Å². The number of aromatic nitrogens is 1. The summed E-state index contributed by atoms with van der Waals surface area (Å²) in [5, 5.41) is 0.296. The lowest BCUT2D eigenvalue weighted by atomic mass is 10.1. The van der Waals surface area contributed by atoms with Crippen LogP contribution in [0, 0.1) is 5.82 Å². The Hall–Kier alpha value is -3.18. The summed E-state index contributed by atoms with van der Waals surface area (Å²) in [7, 11) is 0. The predicted octanol–water partition coefficient (Wildman–Crippen LogP) is 5.07. The van der Waals surface area contributed by atoms with Crippen LogP contribution in [-0.2, 0) is 6.61 Å². The zero-order valence-electron chi connectivity index (χ0n) is 14.0. The average molecular weight is 382 g/mol. The minimum atomic E-state index is -0.434. The maximum Gasteiger partial charge on any atom is 0.231 e. The van der Waals surface area contributed by atoms with Gasteiger partial charge >= 0.3 is 0 Å². The van der Waals surface area contributed by atoms with Crippen molar-refractivity contribution in [3.63, 3.8) is 0 Å². The van der Waals surface area contributed by atoms with Crippen LogP contribution >= 0.6 is 11.6 Å². The molecule has 1 aliphatic heterocycles. The third-order valence-electron chi connectivity index (χ3n) is 4.07. The van der Waals surface area contributed by atoms with Crippen molar-refractivity contribution in [2.75, 3.05) is 0 Å². The molecule has 1 aliphatic rings. The fraction of sp³-hybridized carbons (Fsp3) is 0.0476. The van der Waals surface area contributed by atoms with Gasteiger partial charge in [0.2, 0.25) is 5.78 Å². The first-order valence-corrected chi connectivity index (χ1v) is 8.53. The minimum absolute atomic E-state index is 0.0311. The highest BCUT2D eigenvalue weighted by molar-refractivity contribution is 6.31. The number of fused-ring (bicyclic) bond motifs is 1. The topological polar surface area (TPSA) is 48.4 Å². The zero-order valence-corrected chi connectivity index (χ0v) is 14.7. The van der Waals surface area contributed by atoms with Crippen molar-refractivity contribution in [2.45, 2.75) is 6.61 Å². The van der Waals surface area contributed by atoms with E-state index in [0.29, 0.717) is 22.1 Å². The standard InChI is InChI=1S/C21H13ClFNO3/c22-17-4-1-5-18(23)16(17)12-26-14-6-7-15-19(10-14)27-20(21(15)25)9-13-3-2-8-24-11-13/h1-11H,12H2/b20-9-. The summed E-state index contributed by atoms with van der Waals surface area (Å²) < 4.78 is 25.1. The molecule has 0 fully saturated rings. The molecule has 3 aromatic rings. The fourth-order valence-corrected chi connectivity index (χ4v) is 2.91. The number of pyridine rings is 1. The number of carbonyl (C=O) groups excluding carboxylic acids is 1. The van der Waals surface area contributed by atoms with Gasteiger partial charge in [-0.2, -0.15) is 0 Å². The Kier molecular flexibility index (Phi) is 4.60. The van der Waals surface area contributed by atoms with Crippen LogP contribution in [0.2, 0.25) is 5.02 Å². The molecule has 6 heteroatoms. The van der Waals surface area contributed by atoms with Crippen LogP contribution in [0.3, 0.4) is 0 Å². The van der Waals surface area contributed by atoms with Gasteiger partial charge < -0.3 is 9.47 Å². The van der Waals surface area contributed by atoms with E-state index in [1.807, 2.05) is 6.07 Å². The van der Waals surface area contributed by atoms with Gasteiger partial charge in [0, 0.05) is 24.0 Å². The Labute approximate surface area is 159 Å². The molecule has 0 saturated carbocycles. The van der Waals surface area contributed by atoms with Gasteiger partial charge in [-0.3, -0.25) is 9.78 Å². The van der Waals surface area contributed by atoms with Gasteiger partial charge in [0.1, 0.15) is 23.9 Å². The molecule has 2 aromatic carbocycles. The maximum atomic E-state index is 13.8. The molecule has 0 bridgehead atoms. The molecule has 4 rings (SSSR count). The summed E-state index contributed by atoms with van der Waals surface area (Å²) in [5.41, 5.74) is 1.48. The Bertz CT molecular complexity index is 1030. The number of rotatable bonds is 4. The minimum Gasteiger partial charge on any atom is -0.489 e. The van der Waals surface area contributed by atoms with Crippen LogP contribution in [0.1, 0.15) is 21.5 Å². The molecular weight excluding hydrogens is 369 g/mol. The first kappa shape index (κ1) is 17.2. The molecule has 0 N–H and O–H groups in total. The van der Waals surface area contributed by atoms with Crippen molar-refractivity contribution < 1.29 is 18.7 Å². The summed E-state index contributed by atoms with van der Waals surface area (Å²) in [4.78, 5) is 16.5. The highest BCUT2D eigenvalue weighted by Crippen LogP contribution is 2.35. The number of Topliss-reactive ketones (excluding diaryl/α,β-unsaturated/α-hetero) is 1. The van der Waals surface area contributed by atoms with Crippen molar-refractivity contribution in [3.8, 4) is 11.5 Å². The molecule has 0 aliphatic carbocycles. The van der Waals surface area contributed by atoms with Gasteiger partial charge in [-0.1, -0.05) is 23.7 Å². The smallest absolute Gasteiger partial charge is 0.231 e. The second kappa shape index (κ2) is 7.21. The zero-order chi connectivity index (χ0) is 18.8. The van der Waals surface area contributed by atoms with Crippen LogP contribution in [0.25, 0.3) is 6.08 Å². The highest BCUT2D eigenvalue weighted by Gasteiger charge is 2.27. The van der Waals surface area contributed by atoms with E-state index in [2.05, 4.69) is 4.98 Å². The molecule has 4 nitrogen and oxygen atoms in total. The van der Waals surface area contributed by atoms with Crippen LogP contribution in [-0.4, -0.2) is 10.8 Å². The first-order chi connectivity index (χ1) is 13.1. The summed E-state index contributed by atoms with van der Waals surface area (Å²) >= 11 is 6.00. The molecule has 134 valence electrons. The van der Waals surface area contributed by atoms with Crippen molar-refractivity contribution in [3.05, 3.63) is 94.2 Å². The third kappa shape index (κ3) is 3.55. The Morgan fingerprint density at radius 2 is 2.07 bits per heavy atom. The molecular formula is C21H13ClFNO3. The van der Waals surface area contributed by atoms with Crippen molar-refractivity contribution in [1.82, 2.24) is 4.98 Å². The fourth-order valence-electron chi connectivity index (χ4n) is 2.70. The van der Waals surface area contributed by atoms with Gasteiger partial charge in [0.25, 0.3) is 0 Å². The molecule has 1 aromatic heterocycles. The molecule has 0 saturated heterocycles. The molecule has 0 unspecified atom stereocenters. The average Bonchev–Trinajstić information content (AvgIpc) is 2.97. The quantitative estimate of drug-likeness (QED) is 0.592. The Morgan fingerprint density at radius 3 is 2.85 bits per heavy atom. The number of hydrogen-bond donors (Lipinski definition) is 0. The van der Waals surface area contributed by atoms with E-state index in [9.17, 15) is 9.18 Å². The summed E-state index contributed by atoms with van der Waals surface area (Å²) in [6, 6.07) is 12.9. The molecule has 0 spiro atoms. The van der Waals surface area contributed by atoms with Crippen LogP contribution < -0.4 is 9.47 Å². The van der Waals surface area contributed by atoms with Gasteiger partial charge in [0.05, 0.1) is 10.6 Å². The lowest BCUT2D eigenvalue weighted by molar-refractivity contribution is 0.101. The number of halogens is 2. The normalized spacial score (nSPS) is 14.1. The van der Waals surface area contributed by atoms with Gasteiger partial charge in [0.15, 0.2) is 5.76 Å². The number of hydrogen-bond acceptors (Lipinski definition) is 4. The number of carbonyl (C=O) groups is 1. The van der Waals surface area contributed by atoms with E-state index < -0.39 is 5.82 Å². The van der Waals surface area contributed by atoms with E-state index in [0.717, 1.165) is 5.56 Å². The molecule has 0 atom stereocenters. The largest absolute Gasteiger partial charge is 0.489 e. The molecule has 0 radical (unpaired) electrons. The third-order valence-corrected chi connectivity index (χ3v) is 4.42. The van der Waals surface area contributed by atoms with E-state index in [4.69, 9.17) is 21.1 Å². The van der Waals surface area contributed by atoms with E-state index in [-0.39, 0.29) is 23.7 Å². The number of ketones is 1. The molecule has 0 amide bonds. The van der Waals surface area contributed by atoms with Crippen LogP contribution in [0.15, 0.2) is 66.7 Å². The number of nitrogens with zero attached hydrogens (tertiary/aromatic N) is 1. The van der Waals surface area contributed by atoms with E-state index in [1.165, 1.54) is 12.1 Å². The first-order valence-electron chi connectivity index (χ1n) is 8.16. The SMILES string of the molecule is O=C1/C(=C/c2cccnc2)Oc2cc(OCc3c(F)cccc3Cl)ccc21. The highest BCUT2D eigenvalue weighted by atomic mass is 35.5. The molecule has 27 heavy (non-hydrogen) atoms. The van der Waals surface area contributed by atoms with Crippen molar-refractivity contribution in [2.24, 2.45) is 0 Å². The van der Waals surface area contributed by atoms with Gasteiger partial charge in [-0.15, -0.1) is 0 Å². The Morgan fingerprint density at radius 1 is 1.19 bits per heavy atom. The number of allylic oxidation sites excluding steroid dienone is 1. The maximum absolute atomic E-state index is 13.8. The van der Waals surface area contributed by atoms with Crippen molar-refractivity contribution >= 4 is 23.5 Å². The summed E-state index contributed by atoms with van der Waals surface area (Å²) in [6.07, 6.45) is 4.92. The monoisotopic (exact) mass is 381 g/mol. The lowest BCUT2D eigenvalue weighted by Gasteiger charge is -2.09. The second-order valence-electron chi connectivity index (χ2n) is 5.87. The number of ether oxygens (including phenoxy) is 2. The van der Waals surface area contributed by atoms with Crippen molar-refractivity contribution in [1.29, 1.82) is 0 Å². The van der Waals surface area contributed by atoms with Gasteiger partial charge in [-0.25, -0.2) is 4.39 Å². The van der Waals surface area contributed by atoms with E-state index in [1.54, 1.807) is 48.8 Å². The lowest BCUT2D eigenvalue weighted by Crippen LogP contribution is -1.99. The summed E-state index contributed by atoms with van der Waals surface area (Å²) in [5.74, 6) is 0.414.